The Morgan fingerprint density at radius 2 is 1.76 bits per heavy atom. The van der Waals surface area contributed by atoms with Crippen LogP contribution >= 0.6 is 35.1 Å². The van der Waals surface area contributed by atoms with Gasteiger partial charge >= 0.3 is 0 Å². The van der Waals surface area contributed by atoms with Crippen molar-refractivity contribution in [2.75, 3.05) is 5.32 Å². The molecule has 1 amide bonds. The van der Waals surface area contributed by atoms with E-state index in [1.54, 1.807) is 30.5 Å². The fourth-order valence-corrected chi connectivity index (χ4v) is 4.68. The maximum atomic E-state index is 13.2. The quantitative estimate of drug-likeness (QED) is 0.216. The maximum absolute atomic E-state index is 13.2. The molecule has 33 heavy (non-hydrogen) atoms. The van der Waals surface area contributed by atoms with Crippen LogP contribution in [0.3, 0.4) is 0 Å². The molecule has 0 aliphatic rings. The zero-order valence-corrected chi connectivity index (χ0v) is 20.0. The molecule has 1 N–H and O–H groups in total. The Balaban J connectivity index is 1.60. The Kier molecular flexibility index (Phi) is 7.65. The van der Waals surface area contributed by atoms with E-state index in [9.17, 15) is 9.18 Å². The van der Waals surface area contributed by atoms with Crippen LogP contribution in [0.5, 0.6) is 0 Å². The van der Waals surface area contributed by atoms with E-state index >= 15 is 0 Å². The summed E-state index contributed by atoms with van der Waals surface area (Å²) in [7, 11) is 0. The molecular weight excluding hydrogens is 477 g/mol. The van der Waals surface area contributed by atoms with E-state index in [-0.39, 0.29) is 17.4 Å². The third kappa shape index (κ3) is 6.35. The Morgan fingerprint density at radius 1 is 1.03 bits per heavy atom. The first-order valence-corrected chi connectivity index (χ1v) is 12.2. The number of benzene rings is 3. The number of carbonyl (C=O) groups is 1. The first-order valence-electron chi connectivity index (χ1n) is 10.0. The van der Waals surface area contributed by atoms with Crippen LogP contribution in [0.1, 0.15) is 21.6 Å². The highest BCUT2D eigenvalue weighted by Gasteiger charge is 2.18. The first-order chi connectivity index (χ1) is 16.0. The number of aromatic nitrogens is 2. The van der Waals surface area contributed by atoms with Gasteiger partial charge in [0.25, 0.3) is 5.91 Å². The molecule has 1 aromatic heterocycles. The van der Waals surface area contributed by atoms with Gasteiger partial charge in [-0.3, -0.25) is 4.79 Å². The lowest BCUT2D eigenvalue weighted by atomic mass is 10.2. The van der Waals surface area contributed by atoms with Crippen molar-refractivity contribution >= 4 is 46.7 Å². The van der Waals surface area contributed by atoms with Crippen LogP contribution < -0.4 is 5.32 Å². The Hall–Kier alpha value is -2.87. The summed E-state index contributed by atoms with van der Waals surface area (Å²) in [5, 5.41) is 4.06. The monoisotopic (exact) mass is 495 g/mol. The number of aryl methyl sites for hydroxylation is 1. The van der Waals surface area contributed by atoms with E-state index in [4.69, 9.17) is 11.6 Å². The van der Waals surface area contributed by atoms with Crippen molar-refractivity contribution in [1.29, 1.82) is 0 Å². The van der Waals surface area contributed by atoms with Crippen molar-refractivity contribution in [3.05, 3.63) is 107 Å². The molecule has 0 atom stereocenters. The number of halogens is 2. The van der Waals surface area contributed by atoms with Gasteiger partial charge in [0.15, 0.2) is 5.16 Å². The maximum Gasteiger partial charge on any atom is 0.275 e. The van der Waals surface area contributed by atoms with E-state index in [0.29, 0.717) is 20.8 Å². The normalized spacial score (nSPS) is 10.8. The van der Waals surface area contributed by atoms with Gasteiger partial charge in [0.1, 0.15) is 11.5 Å². The zero-order chi connectivity index (χ0) is 23.2. The summed E-state index contributed by atoms with van der Waals surface area (Å²) in [6.45, 7) is 1.93. The predicted octanol–water partition coefficient (Wildman–Crippen LogP) is 7.27. The van der Waals surface area contributed by atoms with Gasteiger partial charge in [0, 0.05) is 27.6 Å². The molecule has 1 heterocycles. The lowest BCUT2D eigenvalue weighted by Crippen LogP contribution is -2.16. The molecule has 0 aliphatic heterocycles. The molecule has 4 aromatic rings. The Labute approximate surface area is 205 Å². The van der Waals surface area contributed by atoms with Gasteiger partial charge in [0.05, 0.1) is 4.90 Å². The minimum Gasteiger partial charge on any atom is -0.320 e. The van der Waals surface area contributed by atoms with Crippen molar-refractivity contribution in [3.63, 3.8) is 0 Å². The minimum atomic E-state index is -0.313. The molecule has 0 saturated heterocycles. The van der Waals surface area contributed by atoms with Crippen molar-refractivity contribution in [3.8, 4) is 0 Å². The summed E-state index contributed by atoms with van der Waals surface area (Å²) in [5.74, 6) is -0.0338. The largest absolute Gasteiger partial charge is 0.320 e. The lowest BCUT2D eigenvalue weighted by Gasteiger charge is -2.12. The number of amides is 1. The molecule has 0 unspecified atom stereocenters. The molecule has 0 spiro atoms. The highest BCUT2D eigenvalue weighted by molar-refractivity contribution is 7.99. The third-order valence-corrected chi connectivity index (χ3v) is 6.88. The average molecular weight is 496 g/mol. The fraction of sp³-hybridized carbons (Fsp3) is 0.0800. The molecule has 0 aliphatic carbocycles. The van der Waals surface area contributed by atoms with Crippen LogP contribution in [0, 0.1) is 12.7 Å². The van der Waals surface area contributed by atoms with Gasteiger partial charge in [-0.1, -0.05) is 65.5 Å². The van der Waals surface area contributed by atoms with Crippen molar-refractivity contribution in [2.24, 2.45) is 0 Å². The number of hydrogen-bond acceptors (Lipinski definition) is 5. The predicted molar refractivity (Wildman–Crippen MR) is 133 cm³/mol. The van der Waals surface area contributed by atoms with Crippen LogP contribution in [0.2, 0.25) is 5.02 Å². The summed E-state index contributed by atoms with van der Waals surface area (Å²) in [4.78, 5) is 23.8. The van der Waals surface area contributed by atoms with Crippen molar-refractivity contribution < 1.29 is 9.18 Å². The third-order valence-electron chi connectivity index (χ3n) is 4.66. The number of rotatable bonds is 7. The van der Waals surface area contributed by atoms with Crippen LogP contribution in [0.25, 0.3) is 0 Å². The van der Waals surface area contributed by atoms with Crippen molar-refractivity contribution in [1.82, 2.24) is 9.97 Å². The first kappa shape index (κ1) is 23.3. The topological polar surface area (TPSA) is 54.9 Å². The Bertz CT molecular complexity index is 1270. The van der Waals surface area contributed by atoms with E-state index in [1.165, 1.54) is 35.7 Å². The van der Waals surface area contributed by atoms with Crippen LogP contribution in [0.4, 0.5) is 10.1 Å². The van der Waals surface area contributed by atoms with Gasteiger partial charge < -0.3 is 5.32 Å². The highest BCUT2D eigenvalue weighted by atomic mass is 35.5. The smallest absolute Gasteiger partial charge is 0.275 e. The molecule has 4 nitrogen and oxygen atoms in total. The lowest BCUT2D eigenvalue weighted by molar-refractivity contribution is 0.101. The molecular formula is C25H19ClFN3OS2. The van der Waals surface area contributed by atoms with E-state index in [0.717, 1.165) is 21.7 Å². The molecule has 0 saturated carbocycles. The fourth-order valence-electron chi connectivity index (χ4n) is 2.91. The summed E-state index contributed by atoms with van der Waals surface area (Å²) in [6, 6.07) is 21.2. The molecule has 4 rings (SSSR count). The number of nitrogens with zero attached hydrogens (tertiary/aromatic N) is 2. The van der Waals surface area contributed by atoms with Crippen molar-refractivity contribution in [2.45, 2.75) is 27.6 Å². The number of thioether (sulfide) groups is 1. The summed E-state index contributed by atoms with van der Waals surface area (Å²) in [6.07, 6.45) is 1.66. The number of anilines is 1. The second-order valence-electron chi connectivity index (χ2n) is 7.11. The molecule has 0 fully saturated rings. The molecule has 166 valence electrons. The molecule has 0 radical (unpaired) electrons. The SMILES string of the molecule is Cc1ccccc1NC(=O)c1nc(SCc2ccc(F)cc2)ncc1Sc1ccc(Cl)cc1. The van der Waals surface area contributed by atoms with Gasteiger partial charge in [-0.2, -0.15) is 0 Å². The standard InChI is InChI=1S/C25H19ClFN3OS2/c1-16-4-2-3-5-21(16)29-24(31)23-22(33-20-12-8-18(26)9-13-20)14-28-25(30-23)32-15-17-6-10-19(27)11-7-17/h2-14H,15H2,1H3,(H,29,31). The second kappa shape index (κ2) is 10.8. The van der Waals surface area contributed by atoms with E-state index in [2.05, 4.69) is 15.3 Å². The highest BCUT2D eigenvalue weighted by Crippen LogP contribution is 2.32. The zero-order valence-electron chi connectivity index (χ0n) is 17.6. The van der Waals surface area contributed by atoms with Gasteiger partial charge in [0.2, 0.25) is 0 Å². The second-order valence-corrected chi connectivity index (χ2v) is 9.60. The average Bonchev–Trinajstić information content (AvgIpc) is 2.82. The van der Waals surface area contributed by atoms with Crippen LogP contribution in [-0.4, -0.2) is 15.9 Å². The molecule has 0 bridgehead atoms. The van der Waals surface area contributed by atoms with Gasteiger partial charge in [-0.25, -0.2) is 14.4 Å². The summed E-state index contributed by atoms with van der Waals surface area (Å²) < 4.78 is 13.2. The number of hydrogen-bond donors (Lipinski definition) is 1. The number of nitrogens with one attached hydrogen (secondary N) is 1. The van der Waals surface area contributed by atoms with Gasteiger partial charge in [-0.05, 0) is 60.5 Å². The number of carbonyl (C=O) groups excluding carboxylic acids is 1. The Morgan fingerprint density at radius 3 is 2.48 bits per heavy atom. The van der Waals surface area contributed by atoms with Crippen LogP contribution in [-0.2, 0) is 5.75 Å². The van der Waals surface area contributed by atoms with E-state index < -0.39 is 0 Å². The summed E-state index contributed by atoms with van der Waals surface area (Å²) in [5.41, 5.74) is 2.91. The minimum absolute atomic E-state index is 0.279. The molecule has 8 heteroatoms. The molecule has 3 aromatic carbocycles. The van der Waals surface area contributed by atoms with E-state index in [1.807, 2.05) is 43.3 Å². The summed E-state index contributed by atoms with van der Waals surface area (Å²) >= 11 is 8.78. The van der Waals surface area contributed by atoms with Gasteiger partial charge in [-0.15, -0.1) is 0 Å². The number of para-hydroxylation sites is 1. The van der Waals surface area contributed by atoms with Crippen LogP contribution in [0.15, 0.2) is 93.9 Å².